The zero-order valence-corrected chi connectivity index (χ0v) is 40.7. The quantitative estimate of drug-likeness (QED) is 0.121. The van der Waals surface area contributed by atoms with E-state index in [1.165, 1.54) is 34.6 Å². The van der Waals surface area contributed by atoms with Gasteiger partial charge >= 0.3 is 29.8 Å². The Kier molecular flexibility index (Phi) is 14.6. The summed E-state index contributed by atoms with van der Waals surface area (Å²) in [6.45, 7) is 6.54. The van der Waals surface area contributed by atoms with Gasteiger partial charge in [-0.1, -0.05) is 79.6 Å². The van der Waals surface area contributed by atoms with Crippen molar-refractivity contribution in [2.75, 3.05) is 0 Å². The van der Waals surface area contributed by atoms with Crippen LogP contribution in [0, 0.1) is 0 Å². The standard InChI is InChI=1S/C45H35Br5O10/c1-21(51)56-41-26-6-28-13-37(47)15-30(42(28)57-22(2)52)8-32-17-39(49)19-34(44(32)59-24(4)54)10-35-20-40(50)18-33(45(35)60-25(5)55)9-31-16-38(48)14-29(43(31)58-23(3)53)7-27(41)12-36(46)11-26/h11-20H,6-10H2,1-5H3. The smallest absolute Gasteiger partial charge is 0.308 e. The maximum Gasteiger partial charge on any atom is 0.308 e. The SMILES string of the molecule is CC(=O)Oc1c2cc(Br)cc1Cc1cc(Br)cc(c1OC(C)=O)Cc1cc(Br)cc(c1OC(C)=O)Cc1cc(Br)cc(c1OC(C)=O)Cc1cc(Br)cc(c1OC(C)=O)C2. The molecule has 0 fully saturated rings. The second-order valence-corrected chi connectivity index (χ2v) is 18.7. The molecule has 0 N–H and O–H groups in total. The van der Waals surface area contributed by atoms with Gasteiger partial charge in [-0.15, -0.1) is 0 Å². The van der Waals surface area contributed by atoms with Crippen molar-refractivity contribution in [1.29, 1.82) is 0 Å². The van der Waals surface area contributed by atoms with Gasteiger partial charge in [0.05, 0.1) is 0 Å². The first-order valence-electron chi connectivity index (χ1n) is 18.3. The molecule has 5 aromatic carbocycles. The van der Waals surface area contributed by atoms with Gasteiger partial charge in [-0.05, 0) is 60.7 Å². The Morgan fingerprint density at radius 1 is 0.300 bits per heavy atom. The van der Waals surface area contributed by atoms with Gasteiger partial charge < -0.3 is 23.7 Å². The average molecular weight is 1140 g/mol. The molecular formula is C45H35Br5O10. The molecule has 6 rings (SSSR count). The molecule has 310 valence electrons. The van der Waals surface area contributed by atoms with Gasteiger partial charge in [0.1, 0.15) is 28.7 Å². The summed E-state index contributed by atoms with van der Waals surface area (Å²) >= 11 is 18.3. The van der Waals surface area contributed by atoms with Gasteiger partial charge in [-0.3, -0.25) is 24.0 Å². The van der Waals surface area contributed by atoms with Crippen molar-refractivity contribution < 1.29 is 47.7 Å². The molecule has 10 bridgehead atoms. The number of carbonyl (C=O) groups is 5. The van der Waals surface area contributed by atoms with Crippen LogP contribution in [0.5, 0.6) is 28.7 Å². The average Bonchev–Trinajstić information content (AvgIpc) is 3.11. The highest BCUT2D eigenvalue weighted by atomic mass is 79.9. The molecule has 0 aromatic heterocycles. The molecule has 10 nitrogen and oxygen atoms in total. The summed E-state index contributed by atoms with van der Waals surface area (Å²) in [6.07, 6.45) is 0.732. The Morgan fingerprint density at radius 3 is 0.517 bits per heavy atom. The third kappa shape index (κ3) is 11.2. The van der Waals surface area contributed by atoms with Crippen LogP contribution in [0.1, 0.15) is 90.3 Å². The Bertz CT molecular complexity index is 2090. The molecule has 0 saturated heterocycles. The van der Waals surface area contributed by atoms with E-state index in [9.17, 15) is 24.0 Å². The number of hydrogen-bond donors (Lipinski definition) is 0. The number of carbonyl (C=O) groups excluding carboxylic acids is 5. The fourth-order valence-electron chi connectivity index (χ4n) is 7.27. The molecule has 0 saturated carbocycles. The van der Waals surface area contributed by atoms with Crippen molar-refractivity contribution in [3.05, 3.63) is 139 Å². The Morgan fingerprint density at radius 2 is 0.417 bits per heavy atom. The summed E-state index contributed by atoms with van der Waals surface area (Å²) in [7, 11) is 0. The van der Waals surface area contributed by atoms with Gasteiger partial charge in [0.25, 0.3) is 0 Å². The third-order valence-corrected chi connectivity index (χ3v) is 11.5. The highest BCUT2D eigenvalue weighted by Crippen LogP contribution is 2.43. The number of fused-ring (bicyclic) bond motifs is 10. The summed E-state index contributed by atoms with van der Waals surface area (Å²) in [5.74, 6) is -1.46. The third-order valence-electron chi connectivity index (χ3n) is 9.17. The van der Waals surface area contributed by atoms with Crippen molar-refractivity contribution in [3.8, 4) is 28.7 Å². The highest BCUT2D eigenvalue weighted by molar-refractivity contribution is 9.11. The minimum atomic E-state index is -0.563. The predicted molar refractivity (Wildman–Crippen MR) is 241 cm³/mol. The van der Waals surface area contributed by atoms with Gasteiger partial charge in [0, 0.05) is 145 Å². The molecule has 15 heteroatoms. The number of halogens is 5. The second kappa shape index (κ2) is 19.3. The first-order valence-corrected chi connectivity index (χ1v) is 22.3. The molecule has 0 heterocycles. The minimum absolute atomic E-state index is 0.146. The molecule has 1 aliphatic carbocycles. The Labute approximate surface area is 388 Å². The van der Waals surface area contributed by atoms with Crippen molar-refractivity contribution in [2.45, 2.75) is 66.7 Å². The molecule has 0 atom stereocenters. The van der Waals surface area contributed by atoms with Gasteiger partial charge in [0.2, 0.25) is 0 Å². The number of esters is 5. The van der Waals surface area contributed by atoms with E-state index in [1.807, 2.05) is 60.7 Å². The van der Waals surface area contributed by atoms with Crippen LogP contribution in [0.4, 0.5) is 0 Å². The zero-order valence-electron chi connectivity index (χ0n) is 32.8. The lowest BCUT2D eigenvalue weighted by Gasteiger charge is -2.22. The molecule has 0 amide bonds. The van der Waals surface area contributed by atoms with Crippen LogP contribution in [0.2, 0.25) is 0 Å². The Hall–Kier alpha value is -4.15. The summed E-state index contributed by atoms with van der Waals surface area (Å²) in [6, 6.07) is 18.3. The first-order chi connectivity index (χ1) is 28.3. The summed E-state index contributed by atoms with van der Waals surface area (Å²) in [5, 5.41) is 0. The lowest BCUT2D eigenvalue weighted by Crippen LogP contribution is -2.13. The van der Waals surface area contributed by atoms with E-state index in [4.69, 9.17) is 23.7 Å². The van der Waals surface area contributed by atoms with Crippen molar-refractivity contribution in [2.24, 2.45) is 0 Å². The zero-order chi connectivity index (χ0) is 43.6. The maximum atomic E-state index is 12.8. The number of benzene rings is 5. The van der Waals surface area contributed by atoms with Crippen molar-refractivity contribution in [3.63, 3.8) is 0 Å². The molecule has 0 radical (unpaired) electrons. The largest absolute Gasteiger partial charge is 0.426 e. The number of rotatable bonds is 5. The van der Waals surface area contributed by atoms with Crippen LogP contribution in [0.3, 0.4) is 0 Å². The fourth-order valence-corrected chi connectivity index (χ4v) is 10.0. The maximum absolute atomic E-state index is 12.8. The van der Waals surface area contributed by atoms with Crippen molar-refractivity contribution in [1.82, 2.24) is 0 Å². The van der Waals surface area contributed by atoms with Crippen LogP contribution in [0.25, 0.3) is 0 Å². The van der Waals surface area contributed by atoms with Gasteiger partial charge in [-0.2, -0.15) is 0 Å². The molecule has 1 aliphatic rings. The van der Waals surface area contributed by atoms with Crippen LogP contribution < -0.4 is 23.7 Å². The van der Waals surface area contributed by atoms with Crippen LogP contribution in [-0.2, 0) is 56.1 Å². The van der Waals surface area contributed by atoms with Crippen LogP contribution in [-0.4, -0.2) is 29.8 Å². The summed E-state index contributed by atoms with van der Waals surface area (Å²) in [4.78, 5) is 64.0. The lowest BCUT2D eigenvalue weighted by molar-refractivity contribution is -0.133. The van der Waals surface area contributed by atoms with E-state index in [1.54, 1.807) is 0 Å². The normalized spacial score (nSPS) is 12.2. The molecule has 0 spiro atoms. The number of hydrogen-bond acceptors (Lipinski definition) is 10. The molecule has 5 aromatic rings. The van der Waals surface area contributed by atoms with E-state index < -0.39 is 29.8 Å². The fraction of sp³-hybridized carbons (Fsp3) is 0.222. The summed E-state index contributed by atoms with van der Waals surface area (Å²) in [5.41, 5.74) is 5.87. The first kappa shape index (κ1) is 45.4. The lowest BCUT2D eigenvalue weighted by atomic mass is 9.91. The van der Waals surface area contributed by atoms with Gasteiger partial charge in [0.15, 0.2) is 0 Å². The van der Waals surface area contributed by atoms with E-state index >= 15 is 0 Å². The topological polar surface area (TPSA) is 132 Å². The van der Waals surface area contributed by atoms with E-state index in [0.717, 1.165) is 0 Å². The second-order valence-electron chi connectivity index (χ2n) is 14.1. The predicted octanol–water partition coefficient (Wildman–Crippen LogP) is 11.4. The minimum Gasteiger partial charge on any atom is -0.426 e. The molecule has 0 aliphatic heterocycles. The summed E-state index contributed by atoms with van der Waals surface area (Å²) < 4.78 is 33.2. The highest BCUT2D eigenvalue weighted by Gasteiger charge is 2.26. The van der Waals surface area contributed by atoms with Crippen molar-refractivity contribution >= 4 is 109 Å². The monoisotopic (exact) mass is 1130 g/mol. The van der Waals surface area contributed by atoms with Crippen LogP contribution in [0.15, 0.2) is 83.0 Å². The van der Waals surface area contributed by atoms with Gasteiger partial charge in [-0.25, -0.2) is 0 Å². The molecule has 60 heavy (non-hydrogen) atoms. The van der Waals surface area contributed by atoms with E-state index in [0.29, 0.717) is 78.0 Å². The number of ether oxygens (including phenoxy) is 5. The van der Waals surface area contributed by atoms with E-state index in [-0.39, 0.29) is 60.9 Å². The Balaban J connectivity index is 1.75. The molecule has 0 unspecified atom stereocenters. The molecular weight excluding hydrogens is 1100 g/mol. The van der Waals surface area contributed by atoms with Crippen LogP contribution >= 0.6 is 79.6 Å². The van der Waals surface area contributed by atoms with E-state index in [2.05, 4.69) is 79.6 Å².